The molecule has 0 atom stereocenters. The van der Waals surface area contributed by atoms with Crippen molar-refractivity contribution >= 4 is 17.4 Å². The number of rotatable bonds is 4. The average molecular weight is 272 g/mol. The van der Waals surface area contributed by atoms with Gasteiger partial charge >= 0.3 is 0 Å². The summed E-state index contributed by atoms with van der Waals surface area (Å²) in [5, 5.41) is 6.96. The van der Waals surface area contributed by atoms with Crippen LogP contribution in [-0.2, 0) is 13.6 Å². The molecule has 0 saturated heterocycles. The van der Waals surface area contributed by atoms with Gasteiger partial charge in [0, 0.05) is 13.1 Å². The lowest BCUT2D eigenvalue weighted by molar-refractivity contribution is 0.373. The van der Waals surface area contributed by atoms with Crippen LogP contribution in [0.25, 0.3) is 0 Å². The summed E-state index contributed by atoms with van der Waals surface area (Å²) in [5.41, 5.74) is 0.698. The Hall–Kier alpha value is -1.89. The van der Waals surface area contributed by atoms with Crippen molar-refractivity contribution in [3.8, 4) is 5.88 Å². The largest absolute Gasteiger partial charge is 0.481 e. The Morgan fingerprint density at radius 1 is 1.56 bits per heavy atom. The van der Waals surface area contributed by atoms with Crippen LogP contribution < -0.4 is 10.1 Å². The number of hydrogen-bond acceptors (Lipinski definition) is 5. The molecule has 0 saturated carbocycles. The fourth-order valence-electron chi connectivity index (χ4n) is 1.43. The van der Waals surface area contributed by atoms with E-state index in [0.717, 1.165) is 6.20 Å². The van der Waals surface area contributed by atoms with Crippen molar-refractivity contribution in [2.24, 2.45) is 7.05 Å². The van der Waals surface area contributed by atoms with Gasteiger partial charge in [-0.05, 0) is 11.6 Å². The molecule has 0 unspecified atom stereocenters. The predicted molar refractivity (Wildman–Crippen MR) is 64.1 cm³/mol. The second-order valence-electron chi connectivity index (χ2n) is 3.49. The number of aryl methyl sites for hydroxylation is 1. The van der Waals surface area contributed by atoms with E-state index in [2.05, 4.69) is 20.4 Å². The van der Waals surface area contributed by atoms with Gasteiger partial charge in [0.25, 0.3) is 0 Å². The maximum Gasteiger partial charge on any atom is 0.224 e. The Morgan fingerprint density at radius 2 is 2.33 bits per heavy atom. The number of aromatic nitrogens is 4. The smallest absolute Gasteiger partial charge is 0.224 e. The highest BCUT2D eigenvalue weighted by Crippen LogP contribution is 2.15. The Morgan fingerprint density at radius 3 is 3.00 bits per heavy atom. The van der Waals surface area contributed by atoms with Crippen LogP contribution in [0.4, 0.5) is 10.2 Å². The van der Waals surface area contributed by atoms with Gasteiger partial charge in [-0.1, -0.05) is 0 Å². The van der Waals surface area contributed by atoms with Crippen LogP contribution in [0.5, 0.6) is 5.88 Å². The standard InChI is InChI=1S/C10H11ClFN5O/c1-17-8(18-2)3-6(16-17)4-13-9-7(12)5-14-10(11)15-9/h3,5H,4H2,1-2H3,(H,13,14,15). The van der Waals surface area contributed by atoms with E-state index in [1.165, 1.54) is 0 Å². The molecule has 0 amide bonds. The fraction of sp³-hybridized carbons (Fsp3) is 0.300. The van der Waals surface area contributed by atoms with Crippen molar-refractivity contribution in [3.63, 3.8) is 0 Å². The number of hydrogen-bond donors (Lipinski definition) is 1. The van der Waals surface area contributed by atoms with Crippen molar-refractivity contribution in [2.75, 3.05) is 12.4 Å². The number of nitrogens with one attached hydrogen (secondary N) is 1. The molecule has 96 valence electrons. The molecule has 0 bridgehead atoms. The van der Waals surface area contributed by atoms with Gasteiger partial charge in [0.2, 0.25) is 11.2 Å². The lowest BCUT2D eigenvalue weighted by Gasteiger charge is -2.03. The van der Waals surface area contributed by atoms with Crippen LogP contribution in [0.15, 0.2) is 12.3 Å². The van der Waals surface area contributed by atoms with Crippen LogP contribution in [0.1, 0.15) is 5.69 Å². The molecular weight excluding hydrogens is 261 g/mol. The summed E-state index contributed by atoms with van der Waals surface area (Å²) in [7, 11) is 3.31. The molecule has 0 radical (unpaired) electrons. The van der Waals surface area contributed by atoms with Gasteiger partial charge in [-0.15, -0.1) is 0 Å². The van der Waals surface area contributed by atoms with Gasteiger partial charge in [0.1, 0.15) is 0 Å². The van der Waals surface area contributed by atoms with E-state index in [9.17, 15) is 4.39 Å². The monoisotopic (exact) mass is 271 g/mol. The van der Waals surface area contributed by atoms with Crippen LogP contribution >= 0.6 is 11.6 Å². The first kappa shape index (κ1) is 12.6. The highest BCUT2D eigenvalue weighted by Gasteiger charge is 2.08. The van der Waals surface area contributed by atoms with Crippen molar-refractivity contribution in [2.45, 2.75) is 6.54 Å². The Labute approximate surface area is 108 Å². The van der Waals surface area contributed by atoms with Gasteiger partial charge in [-0.25, -0.2) is 14.1 Å². The molecule has 2 rings (SSSR count). The third kappa shape index (κ3) is 2.67. The maximum atomic E-state index is 13.3. The molecular formula is C10H11ClFN5O. The molecule has 0 aliphatic rings. The SMILES string of the molecule is COc1cc(CNc2nc(Cl)ncc2F)nn1C. The molecule has 2 aromatic heterocycles. The van der Waals surface area contributed by atoms with E-state index >= 15 is 0 Å². The third-order valence-electron chi connectivity index (χ3n) is 2.25. The van der Waals surface area contributed by atoms with E-state index < -0.39 is 5.82 Å². The molecule has 2 heterocycles. The zero-order valence-electron chi connectivity index (χ0n) is 9.81. The number of anilines is 1. The topological polar surface area (TPSA) is 64.9 Å². The summed E-state index contributed by atoms with van der Waals surface area (Å²) >= 11 is 5.58. The minimum atomic E-state index is -0.567. The first-order chi connectivity index (χ1) is 8.60. The summed E-state index contributed by atoms with van der Waals surface area (Å²) in [6.45, 7) is 0.307. The van der Waals surface area contributed by atoms with Gasteiger partial charge in [0.15, 0.2) is 11.6 Å². The van der Waals surface area contributed by atoms with E-state index in [4.69, 9.17) is 16.3 Å². The quantitative estimate of drug-likeness (QED) is 0.856. The second kappa shape index (κ2) is 5.18. The number of ether oxygens (including phenoxy) is 1. The van der Waals surface area contributed by atoms with Crippen molar-refractivity contribution < 1.29 is 9.13 Å². The van der Waals surface area contributed by atoms with Crippen LogP contribution in [0, 0.1) is 5.82 Å². The molecule has 1 N–H and O–H groups in total. The van der Waals surface area contributed by atoms with E-state index in [0.29, 0.717) is 18.1 Å². The van der Waals surface area contributed by atoms with E-state index in [-0.39, 0.29) is 11.1 Å². The molecule has 0 aliphatic carbocycles. The summed E-state index contributed by atoms with van der Waals surface area (Å²) in [4.78, 5) is 7.26. The highest BCUT2D eigenvalue weighted by atomic mass is 35.5. The van der Waals surface area contributed by atoms with E-state index in [1.807, 2.05) is 0 Å². The van der Waals surface area contributed by atoms with Crippen LogP contribution in [0.3, 0.4) is 0 Å². The normalized spacial score (nSPS) is 10.4. The lowest BCUT2D eigenvalue weighted by atomic mass is 10.4. The van der Waals surface area contributed by atoms with Crippen LogP contribution in [0.2, 0.25) is 5.28 Å². The zero-order chi connectivity index (χ0) is 13.1. The summed E-state index contributed by atoms with van der Waals surface area (Å²) in [5.74, 6) is 0.0925. The molecule has 18 heavy (non-hydrogen) atoms. The third-order valence-corrected chi connectivity index (χ3v) is 2.43. The maximum absolute atomic E-state index is 13.3. The zero-order valence-corrected chi connectivity index (χ0v) is 10.6. The molecule has 0 fully saturated rings. The van der Waals surface area contributed by atoms with Crippen molar-refractivity contribution in [3.05, 3.63) is 29.1 Å². The van der Waals surface area contributed by atoms with Crippen LogP contribution in [-0.4, -0.2) is 26.9 Å². The first-order valence-corrected chi connectivity index (χ1v) is 5.46. The summed E-state index contributed by atoms with van der Waals surface area (Å²) in [6, 6.07) is 1.74. The minimum Gasteiger partial charge on any atom is -0.481 e. The lowest BCUT2D eigenvalue weighted by Crippen LogP contribution is -2.05. The Bertz CT molecular complexity index is 559. The van der Waals surface area contributed by atoms with Gasteiger partial charge in [-0.2, -0.15) is 10.1 Å². The van der Waals surface area contributed by atoms with Gasteiger partial charge < -0.3 is 10.1 Å². The summed E-state index contributed by atoms with van der Waals surface area (Å²) in [6.07, 6.45) is 1.01. The number of methoxy groups -OCH3 is 1. The minimum absolute atomic E-state index is 0.0162. The fourth-order valence-corrected chi connectivity index (χ4v) is 1.56. The second-order valence-corrected chi connectivity index (χ2v) is 3.83. The van der Waals surface area contributed by atoms with E-state index in [1.54, 1.807) is 24.9 Å². The Balaban J connectivity index is 2.08. The molecule has 0 spiro atoms. The molecule has 0 aromatic carbocycles. The van der Waals surface area contributed by atoms with Gasteiger partial charge in [-0.3, -0.25) is 0 Å². The predicted octanol–water partition coefficient (Wildman–Crippen LogP) is 1.62. The van der Waals surface area contributed by atoms with Crippen molar-refractivity contribution in [1.82, 2.24) is 19.7 Å². The molecule has 2 aromatic rings. The molecule has 6 nitrogen and oxygen atoms in total. The molecule has 8 heteroatoms. The van der Waals surface area contributed by atoms with Gasteiger partial charge in [0.05, 0.1) is 25.5 Å². The van der Waals surface area contributed by atoms with Crippen molar-refractivity contribution in [1.29, 1.82) is 0 Å². The molecule has 0 aliphatic heterocycles. The number of halogens is 2. The Kier molecular flexibility index (Phi) is 3.61. The first-order valence-electron chi connectivity index (χ1n) is 5.09. The number of nitrogens with zero attached hydrogens (tertiary/aromatic N) is 4. The highest BCUT2D eigenvalue weighted by molar-refractivity contribution is 6.28. The average Bonchev–Trinajstić information content (AvgIpc) is 2.71. The summed E-state index contributed by atoms with van der Waals surface area (Å²) < 4.78 is 20.0.